The van der Waals surface area contributed by atoms with Crippen LogP contribution in [0.15, 0.2) is 18.2 Å². The molecule has 0 radical (unpaired) electrons. The van der Waals surface area contributed by atoms with E-state index in [0.717, 1.165) is 25.3 Å². The highest BCUT2D eigenvalue weighted by atomic mass is 19.1. The normalized spacial score (nSPS) is 11.8. The highest BCUT2D eigenvalue weighted by Crippen LogP contribution is 2.20. The van der Waals surface area contributed by atoms with Crippen molar-refractivity contribution >= 4 is 17.7 Å². The molecule has 0 unspecified atom stereocenters. The van der Waals surface area contributed by atoms with E-state index in [2.05, 4.69) is 10.1 Å². The maximum absolute atomic E-state index is 13.5. The first-order valence-electron chi connectivity index (χ1n) is 7.70. The molecule has 6 nitrogen and oxygen atoms in total. The van der Waals surface area contributed by atoms with Crippen LogP contribution in [0.4, 0.5) is 8.78 Å². The summed E-state index contributed by atoms with van der Waals surface area (Å²) in [6, 6.07) is 1.93. The smallest absolute Gasteiger partial charge is 0.308 e. The Kier molecular flexibility index (Phi) is 7.97. The van der Waals surface area contributed by atoms with Gasteiger partial charge in [0, 0.05) is 6.42 Å². The molecule has 0 aliphatic carbocycles. The van der Waals surface area contributed by atoms with Crippen LogP contribution in [0, 0.1) is 17.6 Å². The van der Waals surface area contributed by atoms with E-state index in [1.807, 2.05) is 13.8 Å². The third kappa shape index (κ3) is 6.86. The number of amides is 1. The average Bonchev–Trinajstić information content (AvgIpc) is 2.52. The van der Waals surface area contributed by atoms with Gasteiger partial charge >= 0.3 is 5.97 Å². The summed E-state index contributed by atoms with van der Waals surface area (Å²) in [7, 11) is 1.14. The lowest BCUT2D eigenvalue weighted by molar-refractivity contribution is -0.143. The van der Waals surface area contributed by atoms with E-state index in [1.54, 1.807) is 0 Å². The largest absolute Gasteiger partial charge is 0.480 e. The molecule has 1 N–H and O–H groups in total. The van der Waals surface area contributed by atoms with Gasteiger partial charge in [-0.1, -0.05) is 19.9 Å². The van der Waals surface area contributed by atoms with Crippen LogP contribution >= 0.6 is 0 Å². The van der Waals surface area contributed by atoms with Crippen molar-refractivity contribution in [3.05, 3.63) is 29.8 Å². The summed E-state index contributed by atoms with van der Waals surface area (Å²) in [5, 5.41) is 2.42. The number of Topliss-reactive ketones (excluding diaryl/α,β-unsaturated/α-hetero) is 1. The number of ketones is 1. The monoisotopic (exact) mass is 357 g/mol. The molecule has 1 atom stereocenters. The molecule has 0 saturated heterocycles. The molecule has 0 fully saturated rings. The van der Waals surface area contributed by atoms with E-state index < -0.39 is 54.1 Å². The zero-order valence-corrected chi connectivity index (χ0v) is 14.3. The van der Waals surface area contributed by atoms with Crippen molar-refractivity contribution in [3.63, 3.8) is 0 Å². The van der Waals surface area contributed by atoms with Crippen LogP contribution in [-0.2, 0) is 19.1 Å². The molecule has 0 bridgehead atoms. The minimum atomic E-state index is -1.20. The van der Waals surface area contributed by atoms with Gasteiger partial charge in [-0.2, -0.15) is 0 Å². The Hall–Kier alpha value is -2.51. The molecule has 1 aromatic rings. The van der Waals surface area contributed by atoms with Crippen molar-refractivity contribution < 1.29 is 32.6 Å². The molecule has 1 rings (SSSR count). The number of benzene rings is 1. The van der Waals surface area contributed by atoms with Crippen molar-refractivity contribution in [2.75, 3.05) is 13.7 Å². The number of methoxy groups -OCH3 is 1. The van der Waals surface area contributed by atoms with Crippen molar-refractivity contribution in [2.24, 2.45) is 5.92 Å². The second-order valence-electron chi connectivity index (χ2n) is 5.80. The zero-order valence-electron chi connectivity index (χ0n) is 14.3. The molecule has 0 aromatic heterocycles. The van der Waals surface area contributed by atoms with Gasteiger partial charge in [-0.15, -0.1) is 0 Å². The Morgan fingerprint density at radius 3 is 2.24 bits per heavy atom. The number of hydrogen-bond acceptors (Lipinski definition) is 5. The van der Waals surface area contributed by atoms with Gasteiger partial charge in [0.15, 0.2) is 23.2 Å². The van der Waals surface area contributed by atoms with Crippen molar-refractivity contribution in [3.8, 4) is 5.75 Å². The summed E-state index contributed by atoms with van der Waals surface area (Å²) < 4.78 is 36.4. The fraction of sp³-hybridized carbons (Fsp3) is 0.471. The van der Waals surface area contributed by atoms with Gasteiger partial charge < -0.3 is 14.8 Å². The highest BCUT2D eigenvalue weighted by Gasteiger charge is 2.25. The number of esters is 1. The number of carbonyl (C=O) groups excluding carboxylic acids is 3. The Morgan fingerprint density at radius 2 is 1.72 bits per heavy atom. The van der Waals surface area contributed by atoms with Gasteiger partial charge in [0.1, 0.15) is 12.6 Å². The standard InChI is InChI=1S/C17H21F2NO5/c1-10(2)7-15(22)20-13(8-16(23)24-3)14(21)9-25-17-11(18)5-4-6-12(17)19/h4-6,10,13H,7-9H2,1-3H3,(H,20,22)/t13-/m0/s1. The first-order chi connectivity index (χ1) is 11.7. The van der Waals surface area contributed by atoms with Crippen LogP contribution in [0.3, 0.4) is 0 Å². The molecule has 25 heavy (non-hydrogen) atoms. The van der Waals surface area contributed by atoms with Crippen LogP contribution in [-0.4, -0.2) is 37.4 Å². The number of carbonyl (C=O) groups is 3. The number of ether oxygens (including phenoxy) is 2. The minimum absolute atomic E-state index is 0.0534. The predicted octanol–water partition coefficient (Wildman–Crippen LogP) is 2.01. The Labute approximate surface area is 144 Å². The summed E-state index contributed by atoms with van der Waals surface area (Å²) in [6.45, 7) is 2.93. The molecule has 0 heterocycles. The lowest BCUT2D eigenvalue weighted by Crippen LogP contribution is -2.44. The Bertz CT molecular complexity index is 613. The zero-order chi connectivity index (χ0) is 19.0. The number of nitrogens with one attached hydrogen (secondary N) is 1. The van der Waals surface area contributed by atoms with Gasteiger partial charge in [-0.05, 0) is 18.1 Å². The van der Waals surface area contributed by atoms with E-state index in [1.165, 1.54) is 0 Å². The maximum atomic E-state index is 13.5. The van der Waals surface area contributed by atoms with Crippen LogP contribution in [0.5, 0.6) is 5.75 Å². The second kappa shape index (κ2) is 9.71. The number of halogens is 2. The molecule has 1 aromatic carbocycles. The molecule has 0 spiro atoms. The Balaban J connectivity index is 2.77. The topological polar surface area (TPSA) is 81.7 Å². The van der Waals surface area contributed by atoms with Gasteiger partial charge in [-0.3, -0.25) is 14.4 Å². The van der Waals surface area contributed by atoms with Crippen molar-refractivity contribution in [1.82, 2.24) is 5.32 Å². The third-order valence-corrected chi connectivity index (χ3v) is 3.19. The predicted molar refractivity (Wildman–Crippen MR) is 84.9 cm³/mol. The third-order valence-electron chi connectivity index (χ3n) is 3.19. The van der Waals surface area contributed by atoms with Crippen LogP contribution in [0.25, 0.3) is 0 Å². The van der Waals surface area contributed by atoms with Gasteiger partial charge in [-0.25, -0.2) is 8.78 Å². The SMILES string of the molecule is COC(=O)C[C@H](NC(=O)CC(C)C)C(=O)COc1c(F)cccc1F. The van der Waals surface area contributed by atoms with E-state index in [4.69, 9.17) is 4.74 Å². The lowest BCUT2D eigenvalue weighted by atomic mass is 10.1. The molecular weight excluding hydrogens is 336 g/mol. The molecular formula is C17H21F2NO5. The van der Waals surface area contributed by atoms with Gasteiger partial charge in [0.2, 0.25) is 5.91 Å². The maximum Gasteiger partial charge on any atom is 0.308 e. The second-order valence-corrected chi connectivity index (χ2v) is 5.80. The number of hydrogen-bond donors (Lipinski definition) is 1. The van der Waals surface area contributed by atoms with Crippen LogP contribution < -0.4 is 10.1 Å². The summed E-state index contributed by atoms with van der Waals surface area (Å²) in [4.78, 5) is 35.5. The van der Waals surface area contributed by atoms with E-state index in [9.17, 15) is 23.2 Å². The van der Waals surface area contributed by atoms with Crippen LogP contribution in [0.1, 0.15) is 26.7 Å². The summed E-state index contributed by atoms with van der Waals surface area (Å²) in [5.41, 5.74) is 0. The van der Waals surface area contributed by atoms with Crippen molar-refractivity contribution in [2.45, 2.75) is 32.7 Å². The van der Waals surface area contributed by atoms with E-state index >= 15 is 0 Å². The molecule has 0 aliphatic heterocycles. The summed E-state index contributed by atoms with van der Waals surface area (Å²) in [5.74, 6) is -4.39. The highest BCUT2D eigenvalue weighted by molar-refractivity contribution is 5.93. The number of para-hydroxylation sites is 1. The minimum Gasteiger partial charge on any atom is -0.480 e. The molecule has 1 amide bonds. The number of rotatable bonds is 9. The van der Waals surface area contributed by atoms with E-state index in [0.29, 0.717) is 0 Å². The molecule has 0 aliphatic rings. The molecule has 138 valence electrons. The van der Waals surface area contributed by atoms with Gasteiger partial charge in [0.25, 0.3) is 0 Å². The average molecular weight is 357 g/mol. The summed E-state index contributed by atoms with van der Waals surface area (Å²) in [6.07, 6.45) is -0.240. The van der Waals surface area contributed by atoms with Gasteiger partial charge in [0.05, 0.1) is 13.5 Å². The van der Waals surface area contributed by atoms with Crippen LogP contribution in [0.2, 0.25) is 0 Å². The molecule has 0 saturated carbocycles. The first-order valence-corrected chi connectivity index (χ1v) is 7.70. The fourth-order valence-corrected chi connectivity index (χ4v) is 1.98. The van der Waals surface area contributed by atoms with E-state index in [-0.39, 0.29) is 12.3 Å². The fourth-order valence-electron chi connectivity index (χ4n) is 1.98. The Morgan fingerprint density at radius 1 is 1.12 bits per heavy atom. The quantitative estimate of drug-likeness (QED) is 0.684. The van der Waals surface area contributed by atoms with Crippen molar-refractivity contribution in [1.29, 1.82) is 0 Å². The molecule has 8 heteroatoms. The summed E-state index contributed by atoms with van der Waals surface area (Å²) >= 11 is 0. The lowest BCUT2D eigenvalue weighted by Gasteiger charge is -2.18. The first kappa shape index (κ1) is 20.5.